The van der Waals surface area contributed by atoms with Gasteiger partial charge in [-0.15, -0.1) is 0 Å². The van der Waals surface area contributed by atoms with E-state index in [0.29, 0.717) is 36.5 Å². The predicted molar refractivity (Wildman–Crippen MR) is 258 cm³/mol. The summed E-state index contributed by atoms with van der Waals surface area (Å²) in [7, 11) is -20.7. The Labute approximate surface area is 443 Å². The van der Waals surface area contributed by atoms with Crippen molar-refractivity contribution >= 4 is 64.4 Å². The summed E-state index contributed by atoms with van der Waals surface area (Å²) < 4.78 is 129. The molecule has 0 saturated carbocycles. The van der Waals surface area contributed by atoms with Crippen LogP contribution in [0.4, 0.5) is 0 Å². The molecule has 0 bridgehead atoms. The Morgan fingerprint density at radius 1 is 0.333 bits per heavy atom. The van der Waals surface area contributed by atoms with E-state index in [1.807, 2.05) is 100 Å². The second kappa shape index (κ2) is 22.6. The molecular formula is C52H44Cl3IO12S4. The zero-order valence-electron chi connectivity index (χ0n) is 38.5. The van der Waals surface area contributed by atoms with Crippen molar-refractivity contribution in [2.24, 2.45) is 0 Å². The molecule has 0 aliphatic carbocycles. The summed E-state index contributed by atoms with van der Waals surface area (Å²) in [6.45, 7) is 7.34. The monoisotopic (exact) mass is 1220 g/mol. The maximum atomic E-state index is 12.5. The van der Waals surface area contributed by atoms with E-state index in [4.69, 9.17) is 10.1 Å². The van der Waals surface area contributed by atoms with Crippen LogP contribution >= 0.6 is 64.4 Å². The SMILES string of the molecule is Cc1ccccc1S(O[Cl+3]([O-])([O-])[O-])(c1ccc(Sc2ccc(I(O[Cl+3]([O-])([O-])[O-])c3ccc(Sc4ccc(S(O[Cl+3]([O-])([O-])[O-])(c5ccccc5C)c5ccccc5C)cc4)cc3)cc2)cc1)c1ccccc1C. The fraction of sp³-hybridized carbons (Fsp3) is 0.0769. The van der Waals surface area contributed by atoms with Gasteiger partial charge in [-0.2, -0.15) is 28.0 Å². The van der Waals surface area contributed by atoms with Gasteiger partial charge in [0.15, 0.2) is 0 Å². The maximum absolute atomic E-state index is 12.5. The van der Waals surface area contributed by atoms with Crippen molar-refractivity contribution in [2.75, 3.05) is 0 Å². The molecule has 0 radical (unpaired) electrons. The van der Waals surface area contributed by atoms with Crippen molar-refractivity contribution in [1.82, 2.24) is 0 Å². The molecule has 0 heterocycles. The molecule has 0 unspecified atom stereocenters. The summed E-state index contributed by atoms with van der Waals surface area (Å²) in [6, 6.07) is 57.1. The van der Waals surface area contributed by atoms with Crippen LogP contribution in [0.3, 0.4) is 0 Å². The minimum Gasteiger partial charge on any atom is -0.0619 e. The van der Waals surface area contributed by atoms with Gasteiger partial charge in [0, 0.05) is 0 Å². The van der Waals surface area contributed by atoms with Gasteiger partial charge in [-0.25, -0.2) is 0 Å². The minimum absolute atomic E-state index is 0.492. The Hall–Kier alpha value is -3.72. The topological polar surface area (TPSA) is 235 Å². The van der Waals surface area contributed by atoms with Crippen LogP contribution in [0.25, 0.3) is 0 Å². The van der Waals surface area contributed by atoms with Crippen LogP contribution in [0.15, 0.2) is 243 Å². The van der Waals surface area contributed by atoms with Gasteiger partial charge in [-0.1, -0.05) is 72.8 Å². The number of hydrogen-bond donors (Lipinski definition) is 0. The molecule has 0 spiro atoms. The van der Waals surface area contributed by atoms with Crippen LogP contribution in [0.5, 0.6) is 0 Å². The van der Waals surface area contributed by atoms with Gasteiger partial charge in [0.1, 0.15) is 0 Å². The Morgan fingerprint density at radius 3 is 0.819 bits per heavy atom. The molecule has 8 aromatic carbocycles. The second-order valence-electron chi connectivity index (χ2n) is 15.8. The Bertz CT molecular complexity index is 2840. The van der Waals surface area contributed by atoms with Gasteiger partial charge in [-0.3, -0.25) is 0 Å². The third kappa shape index (κ3) is 12.7. The van der Waals surface area contributed by atoms with E-state index < -0.39 is 71.6 Å². The van der Waals surface area contributed by atoms with Crippen molar-refractivity contribution in [1.29, 1.82) is 0 Å². The van der Waals surface area contributed by atoms with E-state index in [-0.39, 0.29) is 0 Å². The first kappa shape index (κ1) is 54.5. The third-order valence-electron chi connectivity index (χ3n) is 10.9. The normalized spacial score (nSPS) is 13.2. The molecule has 8 aromatic rings. The molecule has 0 aliphatic rings. The van der Waals surface area contributed by atoms with Crippen LogP contribution in [0.2, 0.25) is 0 Å². The van der Waals surface area contributed by atoms with Gasteiger partial charge in [0.05, 0.1) is 0 Å². The number of benzene rings is 8. The van der Waals surface area contributed by atoms with E-state index in [0.717, 1.165) is 41.8 Å². The van der Waals surface area contributed by atoms with E-state index in [1.165, 1.54) is 23.5 Å². The quantitative estimate of drug-likeness (QED) is 0.0922. The molecule has 0 saturated heterocycles. The van der Waals surface area contributed by atoms with Crippen molar-refractivity contribution in [3.8, 4) is 0 Å². The standard InChI is InChI=1S/C52H44Cl3IO12S4/c1-37-13-5-9-17-49(37)71(67-54(60,61)62,50-18-10-6-14-38(50)2)47-33-29-45(30-34-47)69-43-25-21-41(22-26-43)56(66-53(57,58)59)42-23-27-44(28-24-42)70-46-31-35-48(36-32-46)72(68-55(63,64)65,51-19-11-7-15-39(51)3)52-20-12-8-16-40(52)4/h5-36H,1-4H3. The van der Waals surface area contributed by atoms with Crippen molar-refractivity contribution < 1.29 is 82.8 Å². The van der Waals surface area contributed by atoms with E-state index in [9.17, 15) is 41.9 Å². The predicted octanol–water partition coefficient (Wildman–Crippen LogP) is 5.82. The van der Waals surface area contributed by atoms with Gasteiger partial charge in [0.25, 0.3) is 0 Å². The molecule has 0 atom stereocenters. The summed E-state index contributed by atoms with van der Waals surface area (Å²) in [6.07, 6.45) is 0. The number of hydrogen-bond acceptors (Lipinski definition) is 14. The average Bonchev–Trinajstić information content (AvgIpc) is 3.33. The minimum atomic E-state index is -4.88. The second-order valence-corrected chi connectivity index (χ2v) is 31.3. The van der Waals surface area contributed by atoms with Crippen molar-refractivity contribution in [3.05, 3.63) is 224 Å². The zero-order chi connectivity index (χ0) is 51.5. The van der Waals surface area contributed by atoms with Gasteiger partial charge < -0.3 is 0 Å². The molecule has 72 heavy (non-hydrogen) atoms. The molecule has 0 amide bonds. The van der Waals surface area contributed by atoms with Crippen LogP contribution < -0.4 is 41.9 Å². The summed E-state index contributed by atoms with van der Waals surface area (Å²) in [5.74, 6) is 0. The van der Waals surface area contributed by atoms with Crippen molar-refractivity contribution in [2.45, 2.75) is 76.6 Å². The Kier molecular flexibility index (Phi) is 17.1. The van der Waals surface area contributed by atoms with Crippen molar-refractivity contribution in [3.63, 3.8) is 0 Å². The molecule has 376 valence electrons. The number of rotatable bonds is 18. The van der Waals surface area contributed by atoms with Gasteiger partial charge in [0.2, 0.25) is 0 Å². The van der Waals surface area contributed by atoms with Crippen LogP contribution in [-0.2, 0) is 10.1 Å². The first-order valence-corrected chi connectivity index (χ1v) is 32.8. The molecule has 8 rings (SSSR count). The summed E-state index contributed by atoms with van der Waals surface area (Å²) >= 11 is -0.578. The smallest absolute Gasteiger partial charge is 0.0619 e. The fourth-order valence-electron chi connectivity index (χ4n) is 7.87. The average molecular weight is 1220 g/mol. The Morgan fingerprint density at radius 2 is 0.583 bits per heavy atom. The Balaban J connectivity index is 1.03. The summed E-state index contributed by atoms with van der Waals surface area (Å²) in [5, 5.41) is 0. The molecule has 0 fully saturated rings. The summed E-state index contributed by atoms with van der Waals surface area (Å²) in [4.78, 5) is 6.33. The third-order valence-corrected chi connectivity index (χ3v) is 28.0. The van der Waals surface area contributed by atoms with Crippen LogP contribution in [-0.4, -0.2) is 0 Å². The molecule has 12 nitrogen and oxygen atoms in total. The van der Waals surface area contributed by atoms with E-state index in [1.54, 1.807) is 121 Å². The molecule has 20 heteroatoms. The fourth-order valence-corrected chi connectivity index (χ4v) is 24.1. The zero-order valence-corrected chi connectivity index (χ0v) is 46.2. The molecule has 0 N–H and O–H groups in total. The number of halogens is 4. The molecular weight excluding hydrogens is 1180 g/mol. The van der Waals surface area contributed by atoms with Crippen LogP contribution in [0, 0.1) is 65.6 Å². The molecule has 0 aromatic heterocycles. The van der Waals surface area contributed by atoms with Crippen LogP contribution in [0.1, 0.15) is 22.3 Å². The van der Waals surface area contributed by atoms with E-state index >= 15 is 0 Å². The van der Waals surface area contributed by atoms with E-state index in [2.05, 4.69) is 0 Å². The number of aryl methyl sites for hydroxylation is 4. The van der Waals surface area contributed by atoms with Gasteiger partial charge in [-0.05, 0) is 27.7 Å². The first-order chi connectivity index (χ1) is 34.1. The van der Waals surface area contributed by atoms with Gasteiger partial charge >= 0.3 is 319 Å². The summed E-state index contributed by atoms with van der Waals surface area (Å²) in [5.41, 5.74) is 2.98. The molecule has 0 aliphatic heterocycles. The first-order valence-electron chi connectivity index (χ1n) is 21.4.